The molecule has 166 valence electrons. The van der Waals surface area contributed by atoms with Crippen molar-refractivity contribution in [2.75, 3.05) is 24.6 Å². The zero-order valence-corrected chi connectivity index (χ0v) is 18.2. The molecule has 1 fully saturated rings. The van der Waals surface area contributed by atoms with Crippen molar-refractivity contribution in [2.24, 2.45) is 5.92 Å². The minimum atomic E-state index is -0.0272. The van der Waals surface area contributed by atoms with Gasteiger partial charge in [0.05, 0.1) is 6.61 Å². The number of nitrogens with one attached hydrogen (secondary N) is 1. The van der Waals surface area contributed by atoms with Gasteiger partial charge in [-0.1, -0.05) is 36.4 Å². The number of benzene rings is 2. The molecular weight excluding hydrogens is 404 g/mol. The first-order chi connectivity index (χ1) is 15.7. The Bertz CT molecular complexity index is 1020. The van der Waals surface area contributed by atoms with Crippen LogP contribution in [-0.4, -0.2) is 35.6 Å². The van der Waals surface area contributed by atoms with Gasteiger partial charge in [-0.15, -0.1) is 0 Å². The summed E-state index contributed by atoms with van der Waals surface area (Å²) in [7, 11) is 0. The number of amides is 1. The Morgan fingerprint density at radius 2 is 1.75 bits per heavy atom. The molecule has 1 aliphatic rings. The molecule has 1 N–H and O–H groups in total. The van der Waals surface area contributed by atoms with E-state index in [9.17, 15) is 4.79 Å². The minimum Gasteiger partial charge on any atom is -0.494 e. The number of para-hydroxylation sites is 2. The third-order valence-electron chi connectivity index (χ3n) is 5.50. The highest BCUT2D eigenvalue weighted by molar-refractivity contribution is 5.79. The molecule has 0 radical (unpaired) electrons. The molecule has 1 amide bonds. The zero-order chi connectivity index (χ0) is 22.2. The van der Waals surface area contributed by atoms with Crippen molar-refractivity contribution in [3.05, 3.63) is 72.6 Å². The lowest BCUT2D eigenvalue weighted by molar-refractivity contribution is -0.125. The fraction of sp³-hybridized carbons (Fsp3) is 0.320. The van der Waals surface area contributed by atoms with Crippen LogP contribution in [0.5, 0.6) is 17.4 Å². The standard InChI is InChI=1S/C25H28N4O3/c1-2-31-22-11-7-6-8-20(22)18-28-24(30)19-12-16-29(17-13-19)23-25(27-15-14-26-23)32-21-9-4-3-5-10-21/h3-11,14-15,19H,2,12-13,16-18H2,1H3,(H,28,30). The Labute approximate surface area is 188 Å². The molecule has 0 bridgehead atoms. The molecule has 1 aliphatic heterocycles. The van der Waals surface area contributed by atoms with E-state index < -0.39 is 0 Å². The third-order valence-corrected chi connectivity index (χ3v) is 5.50. The lowest BCUT2D eigenvalue weighted by atomic mass is 9.96. The van der Waals surface area contributed by atoms with E-state index in [2.05, 4.69) is 20.2 Å². The number of carbonyl (C=O) groups is 1. The summed E-state index contributed by atoms with van der Waals surface area (Å²) in [5.74, 6) is 2.78. The molecule has 1 saturated heterocycles. The Hall–Kier alpha value is -3.61. The predicted molar refractivity (Wildman–Crippen MR) is 123 cm³/mol. The maximum atomic E-state index is 12.8. The largest absolute Gasteiger partial charge is 0.494 e. The highest BCUT2D eigenvalue weighted by Gasteiger charge is 2.27. The molecule has 0 saturated carbocycles. The number of hydrogen-bond acceptors (Lipinski definition) is 6. The predicted octanol–water partition coefficient (Wildman–Crippen LogP) is 4.20. The molecule has 4 rings (SSSR count). The molecule has 7 nitrogen and oxygen atoms in total. The van der Waals surface area contributed by atoms with Crippen LogP contribution < -0.4 is 19.7 Å². The van der Waals surface area contributed by atoms with Crippen molar-refractivity contribution < 1.29 is 14.3 Å². The fourth-order valence-electron chi connectivity index (χ4n) is 3.83. The van der Waals surface area contributed by atoms with E-state index in [4.69, 9.17) is 9.47 Å². The van der Waals surface area contributed by atoms with Crippen LogP contribution in [0.3, 0.4) is 0 Å². The molecule has 0 spiro atoms. The first-order valence-electron chi connectivity index (χ1n) is 11.0. The summed E-state index contributed by atoms with van der Waals surface area (Å²) in [5.41, 5.74) is 0.988. The van der Waals surface area contributed by atoms with Gasteiger partial charge in [0.25, 0.3) is 5.88 Å². The van der Waals surface area contributed by atoms with Crippen molar-refractivity contribution in [3.8, 4) is 17.4 Å². The van der Waals surface area contributed by atoms with E-state index >= 15 is 0 Å². The minimum absolute atomic E-state index is 0.0272. The molecule has 0 atom stereocenters. The van der Waals surface area contributed by atoms with Gasteiger partial charge in [0.2, 0.25) is 5.91 Å². The maximum Gasteiger partial charge on any atom is 0.263 e. The lowest BCUT2D eigenvalue weighted by Crippen LogP contribution is -2.40. The molecule has 2 aromatic carbocycles. The summed E-state index contributed by atoms with van der Waals surface area (Å²) in [6.45, 7) is 4.46. The Morgan fingerprint density at radius 3 is 2.53 bits per heavy atom. The van der Waals surface area contributed by atoms with Crippen molar-refractivity contribution in [3.63, 3.8) is 0 Å². The van der Waals surface area contributed by atoms with E-state index in [-0.39, 0.29) is 11.8 Å². The maximum absolute atomic E-state index is 12.8. The second-order valence-electron chi connectivity index (χ2n) is 7.62. The average molecular weight is 433 g/mol. The van der Waals surface area contributed by atoms with Gasteiger partial charge >= 0.3 is 0 Å². The van der Waals surface area contributed by atoms with E-state index in [1.54, 1.807) is 12.4 Å². The van der Waals surface area contributed by atoms with E-state index in [0.717, 1.165) is 43.0 Å². The van der Waals surface area contributed by atoms with Gasteiger partial charge in [-0.05, 0) is 38.0 Å². The van der Waals surface area contributed by atoms with Crippen LogP contribution >= 0.6 is 0 Å². The third kappa shape index (κ3) is 5.35. The highest BCUT2D eigenvalue weighted by Crippen LogP contribution is 2.31. The molecular formula is C25H28N4O3. The van der Waals surface area contributed by atoms with Gasteiger partial charge in [-0.25, -0.2) is 9.97 Å². The fourth-order valence-corrected chi connectivity index (χ4v) is 3.83. The lowest BCUT2D eigenvalue weighted by Gasteiger charge is -2.32. The number of nitrogens with zero attached hydrogens (tertiary/aromatic N) is 3. The van der Waals surface area contributed by atoms with Crippen LogP contribution in [0.1, 0.15) is 25.3 Å². The molecule has 2 heterocycles. The smallest absolute Gasteiger partial charge is 0.263 e. The van der Waals surface area contributed by atoms with Crippen molar-refractivity contribution in [1.82, 2.24) is 15.3 Å². The van der Waals surface area contributed by atoms with Crippen molar-refractivity contribution in [1.29, 1.82) is 0 Å². The molecule has 1 aromatic heterocycles. The first-order valence-corrected chi connectivity index (χ1v) is 11.0. The van der Waals surface area contributed by atoms with Crippen LogP contribution in [0.4, 0.5) is 5.82 Å². The van der Waals surface area contributed by atoms with Crippen molar-refractivity contribution in [2.45, 2.75) is 26.3 Å². The van der Waals surface area contributed by atoms with E-state index in [0.29, 0.717) is 24.8 Å². The average Bonchev–Trinajstić information content (AvgIpc) is 2.85. The van der Waals surface area contributed by atoms with Gasteiger partial charge in [-0.2, -0.15) is 0 Å². The van der Waals surface area contributed by atoms with Crippen LogP contribution in [0, 0.1) is 5.92 Å². The topological polar surface area (TPSA) is 76.6 Å². The summed E-state index contributed by atoms with van der Waals surface area (Å²) in [6.07, 6.45) is 4.80. The second kappa shape index (κ2) is 10.6. The highest BCUT2D eigenvalue weighted by atomic mass is 16.5. The number of hydrogen-bond donors (Lipinski definition) is 1. The monoisotopic (exact) mass is 432 g/mol. The first kappa shape index (κ1) is 21.6. The normalized spacial score (nSPS) is 14.1. The summed E-state index contributed by atoms with van der Waals surface area (Å²) < 4.78 is 11.6. The summed E-state index contributed by atoms with van der Waals surface area (Å²) in [6, 6.07) is 17.4. The number of ether oxygens (including phenoxy) is 2. The Balaban J connectivity index is 1.33. The zero-order valence-electron chi connectivity index (χ0n) is 18.2. The summed E-state index contributed by atoms with van der Waals surface area (Å²) >= 11 is 0. The van der Waals surface area contributed by atoms with Crippen LogP contribution in [0.2, 0.25) is 0 Å². The number of anilines is 1. The van der Waals surface area contributed by atoms with Gasteiger partial charge in [0.1, 0.15) is 11.5 Å². The molecule has 32 heavy (non-hydrogen) atoms. The quantitative estimate of drug-likeness (QED) is 0.575. The van der Waals surface area contributed by atoms with Crippen LogP contribution in [0.25, 0.3) is 0 Å². The second-order valence-corrected chi connectivity index (χ2v) is 7.62. The summed E-state index contributed by atoms with van der Waals surface area (Å²) in [4.78, 5) is 23.8. The number of carbonyl (C=O) groups excluding carboxylic acids is 1. The molecule has 0 aliphatic carbocycles. The number of piperidine rings is 1. The van der Waals surface area contributed by atoms with Crippen molar-refractivity contribution >= 4 is 11.7 Å². The van der Waals surface area contributed by atoms with Crippen LogP contribution in [0.15, 0.2) is 67.0 Å². The van der Waals surface area contributed by atoms with Gasteiger partial charge in [0.15, 0.2) is 5.82 Å². The number of aromatic nitrogens is 2. The van der Waals surface area contributed by atoms with Gasteiger partial charge < -0.3 is 19.7 Å². The Kier molecular flexibility index (Phi) is 7.17. The van der Waals surface area contributed by atoms with E-state index in [1.807, 2.05) is 61.5 Å². The number of rotatable bonds is 8. The Morgan fingerprint density at radius 1 is 1.03 bits per heavy atom. The molecule has 0 unspecified atom stereocenters. The molecule has 7 heteroatoms. The van der Waals surface area contributed by atoms with Gasteiger partial charge in [0, 0.05) is 43.5 Å². The molecule has 3 aromatic rings. The summed E-state index contributed by atoms with van der Waals surface area (Å²) in [5, 5.41) is 3.08. The SMILES string of the molecule is CCOc1ccccc1CNC(=O)C1CCN(c2nccnc2Oc2ccccc2)CC1. The van der Waals surface area contributed by atoms with Gasteiger partial charge in [-0.3, -0.25) is 4.79 Å². The van der Waals surface area contributed by atoms with E-state index in [1.165, 1.54) is 0 Å². The van der Waals surface area contributed by atoms with Crippen LogP contribution in [-0.2, 0) is 11.3 Å².